The van der Waals surface area contributed by atoms with Gasteiger partial charge in [0.2, 0.25) is 11.8 Å². The molecule has 0 fully saturated rings. The van der Waals surface area contributed by atoms with Crippen LogP contribution in [0.15, 0.2) is 0 Å². The largest absolute Gasteiger partial charge is 0.380 e. The van der Waals surface area contributed by atoms with Gasteiger partial charge in [0.05, 0.1) is 13.2 Å². The highest BCUT2D eigenvalue weighted by atomic mass is 16.5. The van der Waals surface area contributed by atoms with Gasteiger partial charge >= 0.3 is 0 Å². The van der Waals surface area contributed by atoms with Gasteiger partial charge in [0.25, 0.3) is 0 Å². The van der Waals surface area contributed by atoms with Gasteiger partial charge in [0.15, 0.2) is 0 Å². The number of nitrogens with zero attached hydrogens (tertiary/aromatic N) is 1. The minimum absolute atomic E-state index is 0.0205. The van der Waals surface area contributed by atoms with Crippen molar-refractivity contribution < 1.29 is 14.3 Å². The van der Waals surface area contributed by atoms with E-state index in [9.17, 15) is 9.59 Å². The lowest BCUT2D eigenvalue weighted by molar-refractivity contribution is -0.134. The van der Waals surface area contributed by atoms with Crippen LogP contribution in [0.25, 0.3) is 0 Å². The fraction of sp³-hybridized carbons (Fsp3) is 0.846. The van der Waals surface area contributed by atoms with E-state index < -0.39 is 0 Å². The van der Waals surface area contributed by atoms with Crippen molar-refractivity contribution >= 4 is 11.8 Å². The first-order valence-electron chi connectivity index (χ1n) is 6.60. The summed E-state index contributed by atoms with van der Waals surface area (Å²) in [5.41, 5.74) is 5.06. The summed E-state index contributed by atoms with van der Waals surface area (Å²) in [5.74, 6) is -0.0876. The normalized spacial score (nSPS) is 11.2. The maximum absolute atomic E-state index is 11.8. The molecule has 0 saturated heterocycles. The van der Waals surface area contributed by atoms with Gasteiger partial charge in [-0.3, -0.25) is 9.59 Å². The number of ether oxygens (including phenoxy) is 1. The topological polar surface area (TPSA) is 84.7 Å². The summed E-state index contributed by atoms with van der Waals surface area (Å²) < 4.78 is 5.10. The number of hydrogen-bond acceptors (Lipinski definition) is 4. The van der Waals surface area contributed by atoms with Gasteiger partial charge in [0, 0.05) is 38.5 Å². The van der Waals surface area contributed by atoms with Crippen LogP contribution in [0.2, 0.25) is 0 Å². The molecule has 0 rings (SSSR count). The zero-order chi connectivity index (χ0) is 14.9. The fourth-order valence-electron chi connectivity index (χ4n) is 1.29. The molecule has 0 unspecified atom stereocenters. The zero-order valence-electron chi connectivity index (χ0n) is 12.5. The Bertz CT molecular complexity index is 287. The number of rotatable bonds is 8. The first-order valence-corrected chi connectivity index (χ1v) is 6.60. The van der Waals surface area contributed by atoms with E-state index in [2.05, 4.69) is 5.32 Å². The van der Waals surface area contributed by atoms with Crippen LogP contribution in [0, 0.1) is 0 Å². The maximum atomic E-state index is 11.8. The Balaban J connectivity index is 3.73. The highest BCUT2D eigenvalue weighted by Gasteiger charge is 2.21. The molecule has 0 aromatic carbocycles. The minimum atomic E-state index is -0.197. The van der Waals surface area contributed by atoms with Crippen LogP contribution in [0.4, 0.5) is 0 Å². The monoisotopic (exact) mass is 273 g/mol. The third kappa shape index (κ3) is 8.56. The third-order valence-corrected chi connectivity index (χ3v) is 2.78. The van der Waals surface area contributed by atoms with Crippen molar-refractivity contribution in [1.82, 2.24) is 10.2 Å². The van der Waals surface area contributed by atoms with Crippen LogP contribution < -0.4 is 11.1 Å². The number of hydrogen-bond donors (Lipinski definition) is 2. The fourth-order valence-corrected chi connectivity index (χ4v) is 1.29. The van der Waals surface area contributed by atoms with E-state index in [0.717, 1.165) is 0 Å². The van der Waals surface area contributed by atoms with Crippen molar-refractivity contribution in [2.45, 2.75) is 39.2 Å². The number of carbonyl (C=O) groups is 2. The summed E-state index contributed by atoms with van der Waals surface area (Å²) in [7, 11) is 1.77. The molecule has 6 nitrogen and oxygen atoms in total. The SMILES string of the molecule is CN(C(=O)CCNC(=O)CCOCCN)C(C)(C)C. The van der Waals surface area contributed by atoms with Crippen LogP contribution in [-0.2, 0) is 14.3 Å². The summed E-state index contributed by atoms with van der Waals surface area (Å²) in [5, 5.41) is 2.70. The minimum Gasteiger partial charge on any atom is -0.380 e. The van der Waals surface area contributed by atoms with Crippen LogP contribution in [0.1, 0.15) is 33.6 Å². The second-order valence-corrected chi connectivity index (χ2v) is 5.37. The lowest BCUT2D eigenvalue weighted by Gasteiger charge is -2.32. The van der Waals surface area contributed by atoms with Gasteiger partial charge in [-0.25, -0.2) is 0 Å². The molecule has 0 atom stereocenters. The Morgan fingerprint density at radius 1 is 1.21 bits per heavy atom. The Morgan fingerprint density at radius 2 is 1.84 bits per heavy atom. The lowest BCUT2D eigenvalue weighted by Crippen LogP contribution is -2.43. The molecular weight excluding hydrogens is 246 g/mol. The molecule has 6 heteroatoms. The Labute approximate surface area is 115 Å². The van der Waals surface area contributed by atoms with Crippen molar-refractivity contribution in [3.63, 3.8) is 0 Å². The van der Waals surface area contributed by atoms with Crippen molar-refractivity contribution in [3.05, 3.63) is 0 Å². The van der Waals surface area contributed by atoms with E-state index in [4.69, 9.17) is 10.5 Å². The van der Waals surface area contributed by atoms with Gasteiger partial charge in [-0.2, -0.15) is 0 Å². The average Bonchev–Trinajstić information content (AvgIpc) is 2.32. The lowest BCUT2D eigenvalue weighted by atomic mass is 10.1. The summed E-state index contributed by atoms with van der Waals surface area (Å²) in [6.45, 7) is 7.54. The van der Waals surface area contributed by atoms with Crippen molar-refractivity contribution in [1.29, 1.82) is 0 Å². The second-order valence-electron chi connectivity index (χ2n) is 5.37. The molecule has 0 aliphatic carbocycles. The van der Waals surface area contributed by atoms with Gasteiger partial charge in [-0.05, 0) is 20.8 Å². The summed E-state index contributed by atoms with van der Waals surface area (Å²) in [6, 6.07) is 0. The summed E-state index contributed by atoms with van der Waals surface area (Å²) >= 11 is 0. The summed E-state index contributed by atoms with van der Waals surface area (Å²) in [4.78, 5) is 24.9. The highest BCUT2D eigenvalue weighted by Crippen LogP contribution is 2.11. The molecule has 112 valence electrons. The summed E-state index contributed by atoms with van der Waals surface area (Å²) in [6.07, 6.45) is 0.604. The first kappa shape index (κ1) is 17.9. The molecule has 0 spiro atoms. The Morgan fingerprint density at radius 3 is 2.37 bits per heavy atom. The average molecular weight is 273 g/mol. The van der Waals surface area contributed by atoms with Crippen LogP contribution in [0.5, 0.6) is 0 Å². The zero-order valence-corrected chi connectivity index (χ0v) is 12.5. The second kappa shape index (κ2) is 8.87. The molecular formula is C13H27N3O3. The Hall–Kier alpha value is -1.14. The smallest absolute Gasteiger partial charge is 0.224 e. The number of amides is 2. The molecule has 0 aromatic heterocycles. The standard InChI is InChI=1S/C13H27N3O3/c1-13(2,3)16(4)12(18)5-8-15-11(17)6-9-19-10-7-14/h5-10,14H2,1-4H3,(H,15,17). The van der Waals surface area contributed by atoms with Crippen LogP contribution >= 0.6 is 0 Å². The van der Waals surface area contributed by atoms with E-state index in [1.54, 1.807) is 11.9 Å². The van der Waals surface area contributed by atoms with E-state index in [0.29, 0.717) is 39.1 Å². The highest BCUT2D eigenvalue weighted by molar-refractivity contribution is 5.79. The van der Waals surface area contributed by atoms with Gasteiger partial charge in [-0.1, -0.05) is 0 Å². The predicted molar refractivity (Wildman–Crippen MR) is 74.6 cm³/mol. The van der Waals surface area contributed by atoms with Crippen LogP contribution in [-0.4, -0.2) is 55.6 Å². The van der Waals surface area contributed by atoms with Gasteiger partial charge in [-0.15, -0.1) is 0 Å². The molecule has 0 radical (unpaired) electrons. The molecule has 2 amide bonds. The van der Waals surface area contributed by atoms with E-state index in [1.165, 1.54) is 0 Å². The maximum Gasteiger partial charge on any atom is 0.224 e. The third-order valence-electron chi connectivity index (χ3n) is 2.78. The first-order chi connectivity index (χ1) is 8.79. The number of nitrogens with one attached hydrogen (secondary N) is 1. The molecule has 0 aromatic rings. The molecule has 3 N–H and O–H groups in total. The van der Waals surface area contributed by atoms with E-state index >= 15 is 0 Å². The molecule has 19 heavy (non-hydrogen) atoms. The molecule has 0 aliphatic rings. The van der Waals surface area contributed by atoms with Crippen LogP contribution in [0.3, 0.4) is 0 Å². The van der Waals surface area contributed by atoms with Crippen molar-refractivity contribution in [3.8, 4) is 0 Å². The molecule has 0 saturated carbocycles. The number of carbonyl (C=O) groups excluding carboxylic acids is 2. The van der Waals surface area contributed by atoms with Crippen molar-refractivity contribution in [2.24, 2.45) is 5.73 Å². The Kier molecular flexibility index (Phi) is 8.34. The van der Waals surface area contributed by atoms with Gasteiger partial charge in [0.1, 0.15) is 0 Å². The van der Waals surface area contributed by atoms with Crippen molar-refractivity contribution in [2.75, 3.05) is 33.4 Å². The predicted octanol–water partition coefficient (Wildman–Crippen LogP) is 0.115. The van der Waals surface area contributed by atoms with E-state index in [1.807, 2.05) is 20.8 Å². The molecule has 0 heterocycles. The van der Waals surface area contributed by atoms with Gasteiger partial charge < -0.3 is 20.7 Å². The number of nitrogens with two attached hydrogens (primary N) is 1. The molecule has 0 aliphatic heterocycles. The quantitative estimate of drug-likeness (QED) is 0.615. The molecule has 0 bridgehead atoms. The van der Waals surface area contributed by atoms with E-state index in [-0.39, 0.29) is 17.4 Å².